The molecule has 0 rings (SSSR count). The van der Waals surface area contributed by atoms with Gasteiger partial charge in [0.05, 0.1) is 26.4 Å². The molecule has 17 nitrogen and oxygen atoms in total. The molecule has 0 aromatic rings. The number of esters is 4. The van der Waals surface area contributed by atoms with Gasteiger partial charge in [-0.05, 0) is 37.5 Å². The number of aliphatic hydroxyl groups excluding tert-OH is 1. The Bertz CT molecular complexity index is 1910. The molecule has 0 aliphatic rings. The van der Waals surface area contributed by atoms with Crippen molar-refractivity contribution in [1.29, 1.82) is 0 Å². The normalized spacial score (nSPS) is 13.9. The Hall–Kier alpha value is -1.94. The fourth-order valence-corrected chi connectivity index (χ4v) is 13.9. The third kappa shape index (κ3) is 74.1. The smallest absolute Gasteiger partial charge is 0.462 e. The van der Waals surface area contributed by atoms with E-state index >= 15 is 0 Å². The zero-order chi connectivity index (χ0) is 72.8. The standard InChI is InChI=1S/C80H156O17P2/c1-7-9-11-13-15-17-19-21-23-24-25-26-27-29-31-33-38-46-52-58-64-79(84)96-75(68-90-77(82)62-56-50-44-37-32-30-28-22-20-18-16-14-12-10-8-2)70-94-98(86,87)92-66-74(81)67-93-99(88,89)95-71-76(69-91-78(83)63-57-51-45-41-40-43-49-55-61-73(5)6)97-80(85)65-59-53-47-39-35-34-36-42-48-54-60-72(3)4/h72-76,81H,7-71H2,1-6H3,(H,86,87)(H,88,89)/t74-,75-,76-/m1/s1. The lowest BCUT2D eigenvalue weighted by atomic mass is 10.0. The van der Waals surface area contributed by atoms with Crippen molar-refractivity contribution in [2.45, 2.75) is 439 Å². The highest BCUT2D eigenvalue weighted by Crippen LogP contribution is 2.45. The lowest BCUT2D eigenvalue weighted by molar-refractivity contribution is -0.161. The number of hydrogen-bond acceptors (Lipinski definition) is 15. The van der Waals surface area contributed by atoms with E-state index < -0.39 is 97.5 Å². The van der Waals surface area contributed by atoms with Crippen molar-refractivity contribution >= 4 is 39.5 Å². The summed E-state index contributed by atoms with van der Waals surface area (Å²) in [5.41, 5.74) is 0. The molecule has 0 saturated heterocycles. The monoisotopic (exact) mass is 1450 g/mol. The molecule has 0 amide bonds. The second-order valence-corrected chi connectivity index (χ2v) is 32.7. The Morgan fingerprint density at radius 1 is 0.273 bits per heavy atom. The minimum Gasteiger partial charge on any atom is -0.462 e. The van der Waals surface area contributed by atoms with Crippen molar-refractivity contribution in [3.05, 3.63) is 0 Å². The Morgan fingerprint density at radius 2 is 0.465 bits per heavy atom. The highest BCUT2D eigenvalue weighted by atomic mass is 31.2. The number of phosphoric ester groups is 2. The molecule has 0 spiro atoms. The second kappa shape index (κ2) is 71.7. The molecule has 3 N–H and O–H groups in total. The van der Waals surface area contributed by atoms with Gasteiger partial charge in [0.15, 0.2) is 12.2 Å². The molecule has 0 aromatic carbocycles. The van der Waals surface area contributed by atoms with Crippen molar-refractivity contribution in [3.63, 3.8) is 0 Å². The van der Waals surface area contributed by atoms with Crippen LogP contribution >= 0.6 is 15.6 Å². The minimum atomic E-state index is -4.96. The van der Waals surface area contributed by atoms with Gasteiger partial charge in [0.1, 0.15) is 19.3 Å². The van der Waals surface area contributed by atoms with Crippen molar-refractivity contribution in [2.75, 3.05) is 39.6 Å². The van der Waals surface area contributed by atoms with Crippen LogP contribution in [0, 0.1) is 11.8 Å². The molecule has 0 radical (unpaired) electrons. The van der Waals surface area contributed by atoms with Gasteiger partial charge in [0, 0.05) is 25.7 Å². The molecule has 0 aliphatic carbocycles. The van der Waals surface area contributed by atoms with Crippen molar-refractivity contribution in [3.8, 4) is 0 Å². The summed E-state index contributed by atoms with van der Waals surface area (Å²) in [5, 5.41) is 10.6. The molecule has 588 valence electrons. The van der Waals surface area contributed by atoms with Gasteiger partial charge in [0.2, 0.25) is 0 Å². The summed E-state index contributed by atoms with van der Waals surface area (Å²) in [6.45, 7) is 9.58. The van der Waals surface area contributed by atoms with Crippen LogP contribution in [-0.4, -0.2) is 96.7 Å². The molecule has 0 aliphatic heterocycles. The molecule has 99 heavy (non-hydrogen) atoms. The first kappa shape index (κ1) is 97.1. The molecule has 0 saturated carbocycles. The van der Waals surface area contributed by atoms with Crippen LogP contribution in [0.2, 0.25) is 0 Å². The Labute approximate surface area is 607 Å². The average Bonchev–Trinajstić information content (AvgIpc) is 2.66. The van der Waals surface area contributed by atoms with Crippen LogP contribution in [0.5, 0.6) is 0 Å². The molecule has 0 heterocycles. The third-order valence-corrected chi connectivity index (χ3v) is 20.6. The fourth-order valence-electron chi connectivity index (χ4n) is 12.4. The van der Waals surface area contributed by atoms with Gasteiger partial charge in [0.25, 0.3) is 0 Å². The number of ether oxygens (including phenoxy) is 4. The quantitative estimate of drug-likeness (QED) is 0.0222. The van der Waals surface area contributed by atoms with Gasteiger partial charge in [-0.25, -0.2) is 9.13 Å². The van der Waals surface area contributed by atoms with Crippen molar-refractivity contribution < 1.29 is 80.2 Å². The minimum absolute atomic E-state index is 0.106. The van der Waals surface area contributed by atoms with E-state index in [1.807, 2.05) is 0 Å². The number of phosphoric acid groups is 2. The van der Waals surface area contributed by atoms with Crippen LogP contribution in [0.1, 0.15) is 420 Å². The first-order valence-corrected chi connectivity index (χ1v) is 44.5. The van der Waals surface area contributed by atoms with Crippen LogP contribution in [0.4, 0.5) is 0 Å². The molecule has 0 aromatic heterocycles. The van der Waals surface area contributed by atoms with Gasteiger partial charge in [-0.2, -0.15) is 0 Å². The molecular weight excluding hydrogens is 1290 g/mol. The Kier molecular flexibility index (Phi) is 70.3. The Morgan fingerprint density at radius 3 is 0.687 bits per heavy atom. The van der Waals surface area contributed by atoms with Gasteiger partial charge >= 0.3 is 39.5 Å². The molecule has 19 heteroatoms. The first-order chi connectivity index (χ1) is 47.9. The van der Waals surface area contributed by atoms with Gasteiger partial charge < -0.3 is 33.8 Å². The van der Waals surface area contributed by atoms with E-state index in [9.17, 15) is 43.2 Å². The number of carbonyl (C=O) groups is 4. The van der Waals surface area contributed by atoms with Crippen LogP contribution < -0.4 is 0 Å². The first-order valence-electron chi connectivity index (χ1n) is 41.5. The second-order valence-electron chi connectivity index (χ2n) is 29.8. The molecule has 0 fully saturated rings. The lowest BCUT2D eigenvalue weighted by Gasteiger charge is -2.21. The van der Waals surface area contributed by atoms with Crippen LogP contribution in [0.25, 0.3) is 0 Å². The molecule has 0 bridgehead atoms. The predicted molar refractivity (Wildman–Crippen MR) is 405 cm³/mol. The van der Waals surface area contributed by atoms with E-state index in [1.165, 1.54) is 238 Å². The lowest BCUT2D eigenvalue weighted by Crippen LogP contribution is -2.30. The van der Waals surface area contributed by atoms with E-state index in [-0.39, 0.29) is 25.7 Å². The summed E-state index contributed by atoms with van der Waals surface area (Å²) in [5.74, 6) is -0.632. The summed E-state index contributed by atoms with van der Waals surface area (Å²) in [6.07, 6.45) is 61.1. The number of hydrogen-bond donors (Lipinski definition) is 3. The summed E-state index contributed by atoms with van der Waals surface area (Å²) in [4.78, 5) is 73.0. The predicted octanol–water partition coefficient (Wildman–Crippen LogP) is 23.9. The van der Waals surface area contributed by atoms with Crippen LogP contribution in [0.15, 0.2) is 0 Å². The fraction of sp³-hybridized carbons (Fsp3) is 0.950. The molecular formula is C80H156O17P2. The van der Waals surface area contributed by atoms with E-state index in [2.05, 4.69) is 41.5 Å². The zero-order valence-electron chi connectivity index (χ0n) is 64.8. The maximum absolute atomic E-state index is 13.1. The van der Waals surface area contributed by atoms with Gasteiger partial charge in [-0.3, -0.25) is 37.3 Å². The summed E-state index contributed by atoms with van der Waals surface area (Å²) >= 11 is 0. The highest BCUT2D eigenvalue weighted by molar-refractivity contribution is 7.47. The summed E-state index contributed by atoms with van der Waals surface area (Å²) in [6, 6.07) is 0. The highest BCUT2D eigenvalue weighted by Gasteiger charge is 2.30. The zero-order valence-corrected chi connectivity index (χ0v) is 66.6. The maximum atomic E-state index is 13.1. The number of aliphatic hydroxyl groups is 1. The molecule has 2 unspecified atom stereocenters. The SMILES string of the molecule is CCCCCCCCCCCCCCCCCCCCCCC(=O)O[C@H](COC(=O)CCCCCCCCCCCCCCCCC)COP(=O)(O)OC[C@@H](O)COP(=O)(O)OC[C@@H](COC(=O)CCCCCCCCCCC(C)C)OC(=O)CCCCCCCCCCCCC(C)C. The molecule has 5 atom stereocenters. The van der Waals surface area contributed by atoms with E-state index in [1.54, 1.807) is 0 Å². The number of unbranched alkanes of at least 4 members (excludes halogenated alkanes) is 49. The largest absolute Gasteiger partial charge is 0.472 e. The van der Waals surface area contributed by atoms with Gasteiger partial charge in [-0.1, -0.05) is 369 Å². The van der Waals surface area contributed by atoms with E-state index in [4.69, 9.17) is 37.0 Å². The maximum Gasteiger partial charge on any atom is 0.472 e. The van der Waals surface area contributed by atoms with Gasteiger partial charge in [-0.15, -0.1) is 0 Å². The number of rotatable bonds is 79. The average molecular weight is 1450 g/mol. The van der Waals surface area contributed by atoms with Crippen molar-refractivity contribution in [2.24, 2.45) is 11.8 Å². The summed E-state index contributed by atoms with van der Waals surface area (Å²) < 4.78 is 68.7. The topological polar surface area (TPSA) is 237 Å². The number of carbonyl (C=O) groups excluding carboxylic acids is 4. The van der Waals surface area contributed by atoms with Crippen molar-refractivity contribution in [1.82, 2.24) is 0 Å². The Balaban J connectivity index is 5.24. The van der Waals surface area contributed by atoms with E-state index in [0.717, 1.165) is 102 Å². The van der Waals surface area contributed by atoms with E-state index in [0.29, 0.717) is 25.7 Å². The van der Waals surface area contributed by atoms with Crippen LogP contribution in [0.3, 0.4) is 0 Å². The summed E-state index contributed by atoms with van der Waals surface area (Å²) in [7, 11) is -9.92. The third-order valence-electron chi connectivity index (χ3n) is 18.7. The van der Waals surface area contributed by atoms with Crippen LogP contribution in [-0.2, 0) is 65.4 Å².